The zero-order valence-electron chi connectivity index (χ0n) is 10.3. The lowest BCUT2D eigenvalue weighted by Crippen LogP contribution is -2.45. The molecule has 1 aliphatic heterocycles. The fourth-order valence-electron chi connectivity index (χ4n) is 3.45. The van der Waals surface area contributed by atoms with Crippen molar-refractivity contribution >= 4 is 0 Å². The molecule has 0 spiro atoms. The van der Waals surface area contributed by atoms with Crippen LogP contribution >= 0.6 is 0 Å². The summed E-state index contributed by atoms with van der Waals surface area (Å²) < 4.78 is 0. The van der Waals surface area contributed by atoms with E-state index >= 15 is 0 Å². The SMILES string of the molecule is CC(N)C1CCN(C2CCCC2C)CC1. The zero-order chi connectivity index (χ0) is 10.8. The number of hydrogen-bond acceptors (Lipinski definition) is 2. The largest absolute Gasteiger partial charge is 0.328 e. The van der Waals surface area contributed by atoms with Crippen LogP contribution in [-0.4, -0.2) is 30.1 Å². The third-order valence-corrected chi connectivity index (χ3v) is 4.60. The Balaban J connectivity index is 1.82. The molecule has 15 heavy (non-hydrogen) atoms. The quantitative estimate of drug-likeness (QED) is 0.757. The van der Waals surface area contributed by atoms with Crippen LogP contribution in [0.1, 0.15) is 46.0 Å². The average Bonchev–Trinajstić information content (AvgIpc) is 2.65. The van der Waals surface area contributed by atoms with Crippen molar-refractivity contribution in [3.63, 3.8) is 0 Å². The fraction of sp³-hybridized carbons (Fsp3) is 1.00. The predicted octanol–water partition coefficient (Wildman–Crippen LogP) is 2.23. The summed E-state index contributed by atoms with van der Waals surface area (Å²) in [5.41, 5.74) is 5.97. The zero-order valence-corrected chi connectivity index (χ0v) is 10.3. The summed E-state index contributed by atoms with van der Waals surface area (Å²) in [5.74, 6) is 1.70. The van der Waals surface area contributed by atoms with Gasteiger partial charge in [0, 0.05) is 12.1 Å². The van der Waals surface area contributed by atoms with E-state index < -0.39 is 0 Å². The lowest BCUT2D eigenvalue weighted by Gasteiger charge is -2.38. The summed E-state index contributed by atoms with van der Waals surface area (Å²) in [5, 5.41) is 0. The molecule has 0 aromatic carbocycles. The maximum absolute atomic E-state index is 5.97. The molecule has 2 N–H and O–H groups in total. The van der Waals surface area contributed by atoms with E-state index in [1.54, 1.807) is 0 Å². The monoisotopic (exact) mass is 210 g/mol. The van der Waals surface area contributed by atoms with Crippen LogP contribution in [0.4, 0.5) is 0 Å². The van der Waals surface area contributed by atoms with Crippen LogP contribution in [0.3, 0.4) is 0 Å². The van der Waals surface area contributed by atoms with Crippen LogP contribution in [-0.2, 0) is 0 Å². The van der Waals surface area contributed by atoms with Crippen LogP contribution in [0.25, 0.3) is 0 Å². The van der Waals surface area contributed by atoms with Gasteiger partial charge in [-0.2, -0.15) is 0 Å². The molecule has 1 aliphatic carbocycles. The number of rotatable bonds is 2. The van der Waals surface area contributed by atoms with Gasteiger partial charge in [0.1, 0.15) is 0 Å². The minimum absolute atomic E-state index is 0.396. The first kappa shape index (κ1) is 11.4. The molecule has 2 heteroatoms. The number of nitrogens with zero attached hydrogens (tertiary/aromatic N) is 1. The van der Waals surface area contributed by atoms with E-state index in [0.717, 1.165) is 17.9 Å². The molecule has 88 valence electrons. The van der Waals surface area contributed by atoms with Crippen molar-refractivity contribution in [2.24, 2.45) is 17.6 Å². The molecular weight excluding hydrogens is 184 g/mol. The lowest BCUT2D eigenvalue weighted by molar-refractivity contribution is 0.106. The molecular formula is C13H26N2. The first-order valence-corrected chi connectivity index (χ1v) is 6.68. The Kier molecular flexibility index (Phi) is 3.68. The molecule has 2 rings (SSSR count). The molecule has 2 aliphatic rings. The summed E-state index contributed by atoms with van der Waals surface area (Å²) in [4.78, 5) is 2.73. The van der Waals surface area contributed by atoms with E-state index in [4.69, 9.17) is 5.73 Å². The van der Waals surface area contributed by atoms with E-state index in [1.807, 2.05) is 0 Å². The fourth-order valence-corrected chi connectivity index (χ4v) is 3.45. The Hall–Kier alpha value is -0.0800. The number of hydrogen-bond donors (Lipinski definition) is 1. The van der Waals surface area contributed by atoms with Crippen LogP contribution in [0, 0.1) is 11.8 Å². The average molecular weight is 210 g/mol. The predicted molar refractivity (Wildman–Crippen MR) is 64.7 cm³/mol. The second kappa shape index (κ2) is 4.84. The highest BCUT2D eigenvalue weighted by Gasteiger charge is 2.32. The molecule has 1 saturated heterocycles. The van der Waals surface area contributed by atoms with Gasteiger partial charge in [-0.15, -0.1) is 0 Å². The van der Waals surface area contributed by atoms with Crippen LogP contribution in [0.5, 0.6) is 0 Å². The Morgan fingerprint density at radius 2 is 1.80 bits per heavy atom. The Labute approximate surface area is 94.2 Å². The molecule has 2 nitrogen and oxygen atoms in total. The summed E-state index contributed by atoms with van der Waals surface area (Å²) in [6.45, 7) is 7.18. The van der Waals surface area contributed by atoms with Crippen molar-refractivity contribution in [3.8, 4) is 0 Å². The van der Waals surface area contributed by atoms with Crippen molar-refractivity contribution < 1.29 is 0 Å². The molecule has 0 aromatic rings. The maximum Gasteiger partial charge on any atom is 0.0121 e. The Morgan fingerprint density at radius 3 is 2.27 bits per heavy atom. The van der Waals surface area contributed by atoms with Gasteiger partial charge in [-0.05, 0) is 57.5 Å². The smallest absolute Gasteiger partial charge is 0.0121 e. The van der Waals surface area contributed by atoms with Crippen LogP contribution in [0.15, 0.2) is 0 Å². The molecule has 0 radical (unpaired) electrons. The second-order valence-electron chi connectivity index (χ2n) is 5.71. The van der Waals surface area contributed by atoms with Gasteiger partial charge in [0.2, 0.25) is 0 Å². The van der Waals surface area contributed by atoms with Gasteiger partial charge in [-0.25, -0.2) is 0 Å². The molecule has 0 aromatic heterocycles. The summed E-state index contributed by atoms with van der Waals surface area (Å²) >= 11 is 0. The molecule has 1 heterocycles. The molecule has 0 bridgehead atoms. The molecule has 1 saturated carbocycles. The summed E-state index contributed by atoms with van der Waals surface area (Å²) in [6.07, 6.45) is 6.96. The van der Waals surface area contributed by atoms with Crippen LogP contribution < -0.4 is 5.73 Å². The van der Waals surface area contributed by atoms with Crippen molar-refractivity contribution in [2.75, 3.05) is 13.1 Å². The third kappa shape index (κ3) is 2.54. The van der Waals surface area contributed by atoms with Gasteiger partial charge in [0.05, 0.1) is 0 Å². The molecule has 3 unspecified atom stereocenters. The molecule has 3 atom stereocenters. The standard InChI is InChI=1S/C13H26N2/c1-10-4-3-5-13(10)15-8-6-12(7-9-15)11(2)14/h10-13H,3-9,14H2,1-2H3. The van der Waals surface area contributed by atoms with Gasteiger partial charge in [-0.1, -0.05) is 13.3 Å². The second-order valence-corrected chi connectivity index (χ2v) is 5.71. The highest BCUT2D eigenvalue weighted by Crippen LogP contribution is 2.32. The van der Waals surface area contributed by atoms with Gasteiger partial charge < -0.3 is 10.6 Å². The number of piperidine rings is 1. The molecule has 0 amide bonds. The van der Waals surface area contributed by atoms with E-state index in [0.29, 0.717) is 6.04 Å². The molecule has 2 fully saturated rings. The van der Waals surface area contributed by atoms with Crippen LogP contribution in [0.2, 0.25) is 0 Å². The summed E-state index contributed by atoms with van der Waals surface area (Å²) in [7, 11) is 0. The van der Waals surface area contributed by atoms with E-state index in [1.165, 1.54) is 45.2 Å². The minimum atomic E-state index is 0.396. The Bertz CT molecular complexity index is 195. The Morgan fingerprint density at radius 1 is 1.13 bits per heavy atom. The topological polar surface area (TPSA) is 29.3 Å². The van der Waals surface area contributed by atoms with Gasteiger partial charge in [0.15, 0.2) is 0 Å². The van der Waals surface area contributed by atoms with Crippen molar-refractivity contribution in [2.45, 2.75) is 58.0 Å². The van der Waals surface area contributed by atoms with E-state index in [9.17, 15) is 0 Å². The minimum Gasteiger partial charge on any atom is -0.328 e. The highest BCUT2D eigenvalue weighted by molar-refractivity contribution is 4.87. The summed E-state index contributed by atoms with van der Waals surface area (Å²) in [6, 6.07) is 1.28. The van der Waals surface area contributed by atoms with Gasteiger partial charge in [0.25, 0.3) is 0 Å². The first-order chi connectivity index (χ1) is 7.18. The highest BCUT2D eigenvalue weighted by atomic mass is 15.2. The van der Waals surface area contributed by atoms with Gasteiger partial charge >= 0.3 is 0 Å². The third-order valence-electron chi connectivity index (χ3n) is 4.60. The van der Waals surface area contributed by atoms with Crippen molar-refractivity contribution in [1.82, 2.24) is 4.90 Å². The normalized spacial score (nSPS) is 37.0. The number of nitrogens with two attached hydrogens (primary N) is 1. The number of likely N-dealkylation sites (tertiary alicyclic amines) is 1. The van der Waals surface area contributed by atoms with E-state index in [2.05, 4.69) is 18.7 Å². The van der Waals surface area contributed by atoms with Crippen molar-refractivity contribution in [3.05, 3.63) is 0 Å². The van der Waals surface area contributed by atoms with Crippen molar-refractivity contribution in [1.29, 1.82) is 0 Å². The lowest BCUT2D eigenvalue weighted by atomic mass is 9.89. The van der Waals surface area contributed by atoms with Gasteiger partial charge in [-0.3, -0.25) is 0 Å². The van der Waals surface area contributed by atoms with E-state index in [-0.39, 0.29) is 0 Å². The maximum atomic E-state index is 5.97. The first-order valence-electron chi connectivity index (χ1n) is 6.68.